The van der Waals surface area contributed by atoms with Crippen molar-refractivity contribution in [3.05, 3.63) is 40.9 Å². The van der Waals surface area contributed by atoms with Crippen LogP contribution >= 0.6 is 11.6 Å². The highest BCUT2D eigenvalue weighted by Crippen LogP contribution is 2.22. The topological polar surface area (TPSA) is 71.2 Å². The second kappa shape index (κ2) is 5.92. The average molecular weight is 295 g/mol. The van der Waals surface area contributed by atoms with E-state index < -0.39 is 0 Å². The third-order valence-electron chi connectivity index (χ3n) is 2.99. The van der Waals surface area contributed by atoms with Gasteiger partial charge >= 0.3 is 0 Å². The van der Waals surface area contributed by atoms with Crippen LogP contribution in [-0.2, 0) is 24.8 Å². The molecule has 2 rings (SSSR count). The van der Waals surface area contributed by atoms with Gasteiger partial charge < -0.3 is 10.0 Å². The third-order valence-corrected chi connectivity index (χ3v) is 3.34. The SMILES string of the molecule is CN(Cc1ncnn1C)C(=O)Cc1ccc(O)cc1Cl. The minimum Gasteiger partial charge on any atom is -0.508 e. The van der Waals surface area contributed by atoms with Gasteiger partial charge in [0.1, 0.15) is 17.9 Å². The number of benzene rings is 1. The molecule has 0 spiro atoms. The number of amides is 1. The average Bonchev–Trinajstić information content (AvgIpc) is 2.78. The third kappa shape index (κ3) is 3.27. The maximum atomic E-state index is 12.1. The predicted octanol–water partition coefficient (Wildman–Crippen LogP) is 1.38. The Kier molecular flexibility index (Phi) is 4.24. The number of likely N-dealkylation sites (N-methyl/N-ethyl adjacent to an activating group) is 1. The number of halogens is 1. The Morgan fingerprint density at radius 3 is 2.85 bits per heavy atom. The highest BCUT2D eigenvalue weighted by atomic mass is 35.5. The second-order valence-electron chi connectivity index (χ2n) is 4.50. The fourth-order valence-electron chi connectivity index (χ4n) is 1.74. The van der Waals surface area contributed by atoms with E-state index in [4.69, 9.17) is 11.6 Å². The van der Waals surface area contributed by atoms with Gasteiger partial charge in [0.2, 0.25) is 5.91 Å². The standard InChI is InChI=1S/C13H15ClN4O2/c1-17(7-12-15-8-16-18(12)2)13(20)5-9-3-4-10(19)6-11(9)14/h3-4,6,8,19H,5,7H2,1-2H3. The molecule has 1 aromatic carbocycles. The summed E-state index contributed by atoms with van der Waals surface area (Å²) in [5.41, 5.74) is 0.680. The van der Waals surface area contributed by atoms with E-state index in [1.54, 1.807) is 29.7 Å². The van der Waals surface area contributed by atoms with Crippen LogP contribution in [0.2, 0.25) is 5.02 Å². The second-order valence-corrected chi connectivity index (χ2v) is 4.91. The number of hydrogen-bond acceptors (Lipinski definition) is 4. The monoisotopic (exact) mass is 294 g/mol. The fraction of sp³-hybridized carbons (Fsp3) is 0.308. The Hall–Kier alpha value is -2.08. The maximum absolute atomic E-state index is 12.1. The van der Waals surface area contributed by atoms with Crippen LogP contribution in [0.15, 0.2) is 24.5 Å². The Balaban J connectivity index is 2.02. The molecule has 1 amide bonds. The van der Waals surface area contributed by atoms with E-state index in [0.717, 1.165) is 0 Å². The Morgan fingerprint density at radius 2 is 2.25 bits per heavy atom. The summed E-state index contributed by atoms with van der Waals surface area (Å²) in [5, 5.41) is 13.6. The summed E-state index contributed by atoms with van der Waals surface area (Å²) in [7, 11) is 3.48. The van der Waals surface area contributed by atoms with Crippen molar-refractivity contribution >= 4 is 17.5 Å². The molecule has 0 atom stereocenters. The van der Waals surface area contributed by atoms with E-state index >= 15 is 0 Å². The van der Waals surface area contributed by atoms with Gasteiger partial charge in [-0.05, 0) is 17.7 Å². The van der Waals surface area contributed by atoms with Crippen molar-refractivity contribution in [3.8, 4) is 5.75 Å². The van der Waals surface area contributed by atoms with Gasteiger partial charge in [0.15, 0.2) is 0 Å². The van der Waals surface area contributed by atoms with Gasteiger partial charge in [-0.25, -0.2) is 4.98 Å². The van der Waals surface area contributed by atoms with Crippen LogP contribution in [0, 0.1) is 0 Å². The zero-order chi connectivity index (χ0) is 14.7. The van der Waals surface area contributed by atoms with E-state index in [0.29, 0.717) is 23.0 Å². The zero-order valence-corrected chi connectivity index (χ0v) is 12.0. The normalized spacial score (nSPS) is 10.6. The number of nitrogens with zero attached hydrogens (tertiary/aromatic N) is 4. The summed E-state index contributed by atoms with van der Waals surface area (Å²) in [6.07, 6.45) is 1.62. The summed E-state index contributed by atoms with van der Waals surface area (Å²) < 4.78 is 1.62. The van der Waals surface area contributed by atoms with Gasteiger partial charge in [0.05, 0.1) is 13.0 Å². The van der Waals surface area contributed by atoms with Crippen LogP contribution in [-0.4, -0.2) is 37.7 Å². The molecule has 0 saturated heterocycles. The Labute approximate surface area is 121 Å². The van der Waals surface area contributed by atoms with Gasteiger partial charge in [0, 0.05) is 19.1 Å². The summed E-state index contributed by atoms with van der Waals surface area (Å²) >= 11 is 5.99. The van der Waals surface area contributed by atoms with Gasteiger partial charge in [0.25, 0.3) is 0 Å². The lowest BCUT2D eigenvalue weighted by molar-refractivity contribution is -0.129. The van der Waals surface area contributed by atoms with E-state index in [9.17, 15) is 9.90 Å². The number of phenolic OH excluding ortho intramolecular Hbond substituents is 1. The molecule has 20 heavy (non-hydrogen) atoms. The minimum atomic E-state index is -0.0828. The number of phenols is 1. The molecular formula is C13H15ClN4O2. The predicted molar refractivity (Wildman–Crippen MR) is 74.3 cm³/mol. The molecular weight excluding hydrogens is 280 g/mol. The summed E-state index contributed by atoms with van der Waals surface area (Å²) in [6, 6.07) is 4.58. The molecule has 0 aliphatic rings. The molecule has 1 heterocycles. The minimum absolute atomic E-state index is 0.0821. The molecule has 1 aromatic heterocycles. The molecule has 0 bridgehead atoms. The first-order valence-electron chi connectivity index (χ1n) is 6.01. The zero-order valence-electron chi connectivity index (χ0n) is 11.2. The molecule has 1 N–H and O–H groups in total. The molecule has 106 valence electrons. The highest BCUT2D eigenvalue weighted by Gasteiger charge is 2.14. The largest absolute Gasteiger partial charge is 0.508 e. The molecule has 0 fully saturated rings. The quantitative estimate of drug-likeness (QED) is 0.924. The van der Waals surface area contributed by atoms with Crippen LogP contribution in [0.1, 0.15) is 11.4 Å². The lowest BCUT2D eigenvalue weighted by atomic mass is 10.1. The van der Waals surface area contributed by atoms with Crippen molar-refractivity contribution in [2.24, 2.45) is 7.05 Å². The molecule has 2 aromatic rings. The number of aromatic nitrogens is 3. The molecule has 0 unspecified atom stereocenters. The van der Waals surface area contributed by atoms with Gasteiger partial charge in [-0.1, -0.05) is 17.7 Å². The first kappa shape index (κ1) is 14.3. The molecule has 6 nitrogen and oxygen atoms in total. The first-order chi connectivity index (χ1) is 9.47. The van der Waals surface area contributed by atoms with E-state index in [-0.39, 0.29) is 18.1 Å². The van der Waals surface area contributed by atoms with Crippen molar-refractivity contribution in [1.29, 1.82) is 0 Å². The number of carbonyl (C=O) groups excluding carboxylic acids is 1. The number of hydrogen-bond donors (Lipinski definition) is 1. The number of aryl methyl sites for hydroxylation is 1. The van der Waals surface area contributed by atoms with Crippen molar-refractivity contribution < 1.29 is 9.90 Å². The van der Waals surface area contributed by atoms with E-state index in [1.807, 2.05) is 0 Å². The smallest absolute Gasteiger partial charge is 0.227 e. The van der Waals surface area contributed by atoms with Gasteiger partial charge in [-0.2, -0.15) is 5.10 Å². The molecule has 0 aliphatic carbocycles. The molecule has 0 aliphatic heterocycles. The van der Waals surface area contributed by atoms with Crippen molar-refractivity contribution in [3.63, 3.8) is 0 Å². The van der Waals surface area contributed by atoms with Crippen molar-refractivity contribution in [2.45, 2.75) is 13.0 Å². The summed E-state index contributed by atoms with van der Waals surface area (Å²) in [4.78, 5) is 17.8. The lowest BCUT2D eigenvalue weighted by Crippen LogP contribution is -2.29. The van der Waals surface area contributed by atoms with Gasteiger partial charge in [-0.3, -0.25) is 9.48 Å². The van der Waals surface area contributed by atoms with Crippen LogP contribution in [0.5, 0.6) is 5.75 Å². The summed E-state index contributed by atoms with van der Waals surface area (Å²) in [5.74, 6) is 0.705. The highest BCUT2D eigenvalue weighted by molar-refractivity contribution is 6.31. The fourth-order valence-corrected chi connectivity index (χ4v) is 1.98. The number of rotatable bonds is 4. The Morgan fingerprint density at radius 1 is 1.50 bits per heavy atom. The van der Waals surface area contributed by atoms with Crippen molar-refractivity contribution in [1.82, 2.24) is 19.7 Å². The van der Waals surface area contributed by atoms with E-state index in [2.05, 4.69) is 10.1 Å². The maximum Gasteiger partial charge on any atom is 0.227 e. The van der Waals surface area contributed by atoms with Crippen LogP contribution in [0.4, 0.5) is 0 Å². The van der Waals surface area contributed by atoms with Crippen LogP contribution in [0.3, 0.4) is 0 Å². The molecule has 0 radical (unpaired) electrons. The summed E-state index contributed by atoms with van der Waals surface area (Å²) in [6.45, 7) is 0.380. The molecule has 7 heteroatoms. The number of aromatic hydroxyl groups is 1. The lowest BCUT2D eigenvalue weighted by Gasteiger charge is -2.17. The van der Waals surface area contributed by atoms with Crippen LogP contribution < -0.4 is 0 Å². The molecule has 0 saturated carbocycles. The number of carbonyl (C=O) groups is 1. The van der Waals surface area contributed by atoms with Crippen LogP contribution in [0.25, 0.3) is 0 Å². The van der Waals surface area contributed by atoms with Crippen molar-refractivity contribution in [2.75, 3.05) is 7.05 Å². The van der Waals surface area contributed by atoms with Gasteiger partial charge in [-0.15, -0.1) is 0 Å². The van der Waals surface area contributed by atoms with E-state index in [1.165, 1.54) is 18.5 Å². The Bertz CT molecular complexity index is 627. The first-order valence-corrected chi connectivity index (χ1v) is 6.39.